The van der Waals surface area contributed by atoms with Crippen molar-refractivity contribution in [2.75, 3.05) is 27.3 Å². The summed E-state index contributed by atoms with van der Waals surface area (Å²) >= 11 is 5.87. The van der Waals surface area contributed by atoms with Crippen LogP contribution in [0.5, 0.6) is 11.5 Å². The highest BCUT2D eigenvalue weighted by Gasteiger charge is 2.34. The number of rotatable bonds is 7. The number of nitrogens with zero attached hydrogens (tertiary/aromatic N) is 1. The van der Waals surface area contributed by atoms with Crippen LogP contribution in [0.4, 0.5) is 0 Å². The van der Waals surface area contributed by atoms with Crippen LogP contribution in [-0.2, 0) is 14.8 Å². The van der Waals surface area contributed by atoms with Gasteiger partial charge in [-0.3, -0.25) is 4.79 Å². The molecule has 0 aromatic heterocycles. The van der Waals surface area contributed by atoms with Gasteiger partial charge >= 0.3 is 0 Å². The van der Waals surface area contributed by atoms with Gasteiger partial charge in [0.1, 0.15) is 11.5 Å². The SMILES string of the molecule is COc1ccc(OC)c([C@H](C)NC(=O)[C@H]2CCCN(S(=O)(=O)c3ccc(Cl)cc3)C2)c1. The van der Waals surface area contributed by atoms with Crippen molar-refractivity contribution < 1.29 is 22.7 Å². The molecular formula is C22H27ClN2O5S. The van der Waals surface area contributed by atoms with E-state index in [0.717, 1.165) is 5.56 Å². The van der Waals surface area contributed by atoms with Crippen molar-refractivity contribution in [2.24, 2.45) is 5.92 Å². The third kappa shape index (κ3) is 5.31. The molecule has 0 radical (unpaired) electrons. The number of amides is 1. The van der Waals surface area contributed by atoms with Gasteiger partial charge in [-0.15, -0.1) is 0 Å². The highest BCUT2D eigenvalue weighted by Crippen LogP contribution is 2.30. The summed E-state index contributed by atoms with van der Waals surface area (Å²) in [6.07, 6.45) is 1.24. The number of hydrogen-bond acceptors (Lipinski definition) is 5. The summed E-state index contributed by atoms with van der Waals surface area (Å²) in [5.74, 6) is 0.683. The van der Waals surface area contributed by atoms with Crippen molar-refractivity contribution >= 4 is 27.5 Å². The molecule has 3 rings (SSSR count). The molecule has 0 bridgehead atoms. The molecule has 31 heavy (non-hydrogen) atoms. The van der Waals surface area contributed by atoms with Gasteiger partial charge in [-0.1, -0.05) is 11.6 Å². The van der Waals surface area contributed by atoms with E-state index in [1.807, 2.05) is 13.0 Å². The summed E-state index contributed by atoms with van der Waals surface area (Å²) in [7, 11) is -0.541. The number of hydrogen-bond donors (Lipinski definition) is 1. The Bertz CT molecular complexity index is 1030. The van der Waals surface area contributed by atoms with Gasteiger partial charge in [0.2, 0.25) is 15.9 Å². The Morgan fingerprint density at radius 1 is 1.16 bits per heavy atom. The summed E-state index contributed by atoms with van der Waals surface area (Å²) in [6.45, 7) is 2.38. The van der Waals surface area contributed by atoms with Crippen LogP contribution < -0.4 is 14.8 Å². The van der Waals surface area contributed by atoms with Gasteiger partial charge in [-0.05, 0) is 62.2 Å². The zero-order valence-corrected chi connectivity index (χ0v) is 19.4. The lowest BCUT2D eigenvalue weighted by Crippen LogP contribution is -2.45. The van der Waals surface area contributed by atoms with E-state index < -0.39 is 15.9 Å². The lowest BCUT2D eigenvalue weighted by Gasteiger charge is -2.32. The number of sulfonamides is 1. The van der Waals surface area contributed by atoms with Crippen LogP contribution in [0.25, 0.3) is 0 Å². The first kappa shape index (κ1) is 23.4. The quantitative estimate of drug-likeness (QED) is 0.673. The number of methoxy groups -OCH3 is 2. The fourth-order valence-corrected chi connectivity index (χ4v) is 5.37. The van der Waals surface area contributed by atoms with Gasteiger partial charge in [0.25, 0.3) is 0 Å². The van der Waals surface area contributed by atoms with Gasteiger partial charge < -0.3 is 14.8 Å². The van der Waals surface area contributed by atoms with E-state index in [4.69, 9.17) is 21.1 Å². The molecule has 1 fully saturated rings. The lowest BCUT2D eigenvalue weighted by atomic mass is 9.97. The maximum absolute atomic E-state index is 13.0. The van der Waals surface area contributed by atoms with Crippen LogP contribution in [0.15, 0.2) is 47.4 Å². The summed E-state index contributed by atoms with van der Waals surface area (Å²) in [6, 6.07) is 11.1. The molecule has 2 aromatic rings. The molecule has 1 amide bonds. The van der Waals surface area contributed by atoms with Gasteiger partial charge in [-0.2, -0.15) is 4.31 Å². The van der Waals surface area contributed by atoms with Crippen molar-refractivity contribution in [1.82, 2.24) is 9.62 Å². The largest absolute Gasteiger partial charge is 0.497 e. The fraction of sp³-hybridized carbons (Fsp3) is 0.409. The molecule has 2 aromatic carbocycles. The molecule has 1 N–H and O–H groups in total. The van der Waals surface area contributed by atoms with Crippen LogP contribution >= 0.6 is 11.6 Å². The summed E-state index contributed by atoms with van der Waals surface area (Å²) in [5.41, 5.74) is 0.789. The average Bonchev–Trinajstić information content (AvgIpc) is 2.78. The zero-order valence-electron chi connectivity index (χ0n) is 17.8. The highest BCUT2D eigenvalue weighted by atomic mass is 35.5. The molecule has 1 saturated heterocycles. The molecule has 0 spiro atoms. The van der Waals surface area contributed by atoms with Crippen molar-refractivity contribution in [3.63, 3.8) is 0 Å². The second-order valence-electron chi connectivity index (χ2n) is 7.49. The van der Waals surface area contributed by atoms with Crippen LogP contribution in [0.1, 0.15) is 31.4 Å². The van der Waals surface area contributed by atoms with E-state index in [1.54, 1.807) is 38.5 Å². The minimum atomic E-state index is -3.69. The van der Waals surface area contributed by atoms with Crippen molar-refractivity contribution in [2.45, 2.75) is 30.7 Å². The van der Waals surface area contributed by atoms with E-state index in [2.05, 4.69) is 5.32 Å². The van der Waals surface area contributed by atoms with Crippen LogP contribution in [0, 0.1) is 5.92 Å². The number of halogens is 1. The Hall–Kier alpha value is -2.29. The molecule has 0 saturated carbocycles. The number of ether oxygens (including phenoxy) is 2. The number of piperidine rings is 1. The van der Waals surface area contributed by atoms with E-state index in [9.17, 15) is 13.2 Å². The molecular weight excluding hydrogens is 440 g/mol. The second-order valence-corrected chi connectivity index (χ2v) is 9.87. The molecule has 1 aliphatic heterocycles. The smallest absolute Gasteiger partial charge is 0.243 e. The van der Waals surface area contributed by atoms with Gasteiger partial charge in [0, 0.05) is 23.7 Å². The fourth-order valence-electron chi connectivity index (χ4n) is 3.72. The predicted molar refractivity (Wildman–Crippen MR) is 119 cm³/mol. The lowest BCUT2D eigenvalue weighted by molar-refractivity contribution is -0.126. The minimum absolute atomic E-state index is 0.138. The van der Waals surface area contributed by atoms with E-state index in [1.165, 1.54) is 16.4 Å². The molecule has 0 unspecified atom stereocenters. The maximum atomic E-state index is 13.0. The topological polar surface area (TPSA) is 84.9 Å². The molecule has 2 atom stereocenters. The van der Waals surface area contributed by atoms with Gasteiger partial charge in [-0.25, -0.2) is 8.42 Å². The molecule has 168 valence electrons. The van der Waals surface area contributed by atoms with E-state index in [-0.39, 0.29) is 23.4 Å². The first-order chi connectivity index (χ1) is 14.8. The highest BCUT2D eigenvalue weighted by molar-refractivity contribution is 7.89. The number of nitrogens with one attached hydrogen (secondary N) is 1. The summed E-state index contributed by atoms with van der Waals surface area (Å²) in [5, 5.41) is 3.47. The molecule has 0 aliphatic carbocycles. The Balaban J connectivity index is 1.72. The maximum Gasteiger partial charge on any atom is 0.243 e. The predicted octanol–water partition coefficient (Wildman–Crippen LogP) is 3.64. The van der Waals surface area contributed by atoms with Gasteiger partial charge in [0.05, 0.1) is 31.1 Å². The summed E-state index contributed by atoms with van der Waals surface area (Å²) < 4.78 is 38.0. The molecule has 7 nitrogen and oxygen atoms in total. The molecule has 9 heteroatoms. The van der Waals surface area contributed by atoms with Crippen molar-refractivity contribution in [1.29, 1.82) is 0 Å². The Labute approximate surface area is 188 Å². The Kier molecular flexibility index (Phi) is 7.46. The third-order valence-electron chi connectivity index (χ3n) is 5.47. The number of carbonyl (C=O) groups is 1. The molecule has 1 heterocycles. The van der Waals surface area contributed by atoms with Crippen LogP contribution in [0.2, 0.25) is 5.02 Å². The standard InChI is InChI=1S/C22H27ClN2O5S/c1-15(20-13-18(29-2)8-11-21(20)30-3)24-22(26)16-5-4-12-25(14-16)31(27,28)19-9-6-17(23)7-10-19/h6-11,13,15-16H,4-5,12,14H2,1-3H3,(H,24,26)/t15-,16-/m0/s1. The van der Waals surface area contributed by atoms with Crippen LogP contribution in [0.3, 0.4) is 0 Å². The van der Waals surface area contributed by atoms with Crippen LogP contribution in [-0.4, -0.2) is 45.9 Å². The van der Waals surface area contributed by atoms with Crippen molar-refractivity contribution in [3.8, 4) is 11.5 Å². The number of carbonyl (C=O) groups excluding carboxylic acids is 1. The number of benzene rings is 2. The van der Waals surface area contributed by atoms with Crippen molar-refractivity contribution in [3.05, 3.63) is 53.1 Å². The zero-order chi connectivity index (χ0) is 22.6. The summed E-state index contributed by atoms with van der Waals surface area (Å²) in [4.78, 5) is 13.1. The Morgan fingerprint density at radius 2 is 1.87 bits per heavy atom. The first-order valence-corrected chi connectivity index (χ1v) is 11.9. The molecule has 1 aliphatic rings. The van der Waals surface area contributed by atoms with Gasteiger partial charge in [0.15, 0.2) is 0 Å². The Morgan fingerprint density at radius 3 is 2.52 bits per heavy atom. The minimum Gasteiger partial charge on any atom is -0.497 e. The third-order valence-corrected chi connectivity index (χ3v) is 7.60. The second kappa shape index (κ2) is 9.89. The van der Waals surface area contributed by atoms with E-state index in [0.29, 0.717) is 35.9 Å². The average molecular weight is 467 g/mol. The normalized spacial score (nSPS) is 18.3. The van der Waals surface area contributed by atoms with E-state index >= 15 is 0 Å². The monoisotopic (exact) mass is 466 g/mol. The first-order valence-electron chi connectivity index (χ1n) is 10.0.